The molecular formula is C23H21Cl2NO4S. The van der Waals surface area contributed by atoms with Gasteiger partial charge in [0.25, 0.3) is 0 Å². The zero-order chi connectivity index (χ0) is 22.9. The average molecular weight is 478 g/mol. The highest BCUT2D eigenvalue weighted by Gasteiger charge is 2.24. The van der Waals surface area contributed by atoms with Crippen LogP contribution in [0.1, 0.15) is 53.1 Å². The van der Waals surface area contributed by atoms with Crippen molar-refractivity contribution < 1.29 is 19.1 Å². The summed E-state index contributed by atoms with van der Waals surface area (Å²) in [5.41, 5.74) is 7.91. The van der Waals surface area contributed by atoms with Crippen LogP contribution in [0.15, 0.2) is 30.3 Å². The Morgan fingerprint density at radius 2 is 1.74 bits per heavy atom. The summed E-state index contributed by atoms with van der Waals surface area (Å²) in [6.45, 7) is 5.45. The normalized spacial score (nSPS) is 11.2. The van der Waals surface area contributed by atoms with Crippen LogP contribution in [0.2, 0.25) is 10.0 Å². The first-order valence-corrected chi connectivity index (χ1v) is 11.2. The van der Waals surface area contributed by atoms with Gasteiger partial charge < -0.3 is 10.5 Å². The second-order valence-corrected chi connectivity index (χ2v) is 9.42. The number of nitrogens with two attached hydrogens (primary N) is 1. The Kier molecular flexibility index (Phi) is 7.04. The van der Waals surface area contributed by atoms with Crippen molar-refractivity contribution in [3.8, 4) is 5.75 Å². The first-order chi connectivity index (χ1) is 14.6. The Bertz CT molecular complexity index is 1180. The smallest absolute Gasteiger partial charge is 0.308 e. The fraction of sp³-hybridized carbons (Fsp3) is 0.261. The molecule has 0 atom stereocenters. The third-order valence-corrected chi connectivity index (χ3v) is 6.78. The van der Waals surface area contributed by atoms with Crippen LogP contribution in [0, 0.1) is 0 Å². The maximum absolute atomic E-state index is 12.7. The van der Waals surface area contributed by atoms with Crippen molar-refractivity contribution >= 4 is 62.3 Å². The largest absolute Gasteiger partial charge is 0.423 e. The van der Waals surface area contributed by atoms with Gasteiger partial charge in [-0.1, -0.05) is 61.3 Å². The second kappa shape index (κ2) is 9.39. The molecule has 2 N–H and O–H groups in total. The van der Waals surface area contributed by atoms with E-state index >= 15 is 0 Å². The van der Waals surface area contributed by atoms with Crippen molar-refractivity contribution in [3.05, 3.63) is 61.9 Å². The Morgan fingerprint density at radius 1 is 1.10 bits per heavy atom. The quantitative estimate of drug-likeness (QED) is 0.348. The third kappa shape index (κ3) is 5.09. The zero-order valence-electron chi connectivity index (χ0n) is 17.3. The highest BCUT2D eigenvalue weighted by molar-refractivity contribution is 7.20. The minimum atomic E-state index is -0.678. The molecule has 3 aromatic rings. The van der Waals surface area contributed by atoms with Gasteiger partial charge in [0.1, 0.15) is 10.8 Å². The number of thiophene rings is 1. The number of carbonyl (C=O) groups excluding carboxylic acids is 3. The fourth-order valence-corrected chi connectivity index (χ4v) is 5.21. The van der Waals surface area contributed by atoms with Crippen LogP contribution in [0.3, 0.4) is 0 Å². The summed E-state index contributed by atoms with van der Waals surface area (Å²) in [6, 6.07) is 9.39. The monoisotopic (exact) mass is 477 g/mol. The predicted octanol–water partition coefficient (Wildman–Crippen LogP) is 5.71. The predicted molar refractivity (Wildman–Crippen MR) is 125 cm³/mol. The lowest BCUT2D eigenvalue weighted by Gasteiger charge is -2.07. The molecule has 0 fully saturated rings. The number of ether oxygens (including phenoxy) is 1. The van der Waals surface area contributed by atoms with Gasteiger partial charge in [-0.25, -0.2) is 0 Å². The summed E-state index contributed by atoms with van der Waals surface area (Å²) in [5.74, 6) is -0.885. The molecule has 0 saturated carbocycles. The molecule has 0 spiro atoms. The number of carbonyl (C=O) groups is 3. The van der Waals surface area contributed by atoms with Gasteiger partial charge >= 0.3 is 5.97 Å². The molecule has 0 radical (unpaired) electrons. The number of primary amides is 1. The lowest BCUT2D eigenvalue weighted by molar-refractivity contribution is -0.131. The standard InChI is InChI=1S/C23H21Cl2NO4S/c1-11(2)14-6-4-13(5-7-14)8-15(28)9-18-19(23(26)29)16-10-17(24)21(30-12(3)27)20(25)22(16)31-18/h4-7,10-11H,8-9H2,1-3H3,(H2,26,29). The maximum Gasteiger partial charge on any atom is 0.308 e. The van der Waals surface area contributed by atoms with Crippen molar-refractivity contribution in [2.45, 2.75) is 39.5 Å². The van der Waals surface area contributed by atoms with Gasteiger partial charge in [0, 0.05) is 30.0 Å². The van der Waals surface area contributed by atoms with Gasteiger partial charge in [-0.05, 0) is 23.1 Å². The van der Waals surface area contributed by atoms with E-state index in [0.717, 1.165) is 5.56 Å². The van der Waals surface area contributed by atoms with Gasteiger partial charge in [-0.15, -0.1) is 11.3 Å². The van der Waals surface area contributed by atoms with Gasteiger partial charge in [0.15, 0.2) is 5.75 Å². The number of ketones is 1. The number of esters is 1. The number of rotatable bonds is 7. The van der Waals surface area contributed by atoms with E-state index in [0.29, 0.717) is 20.9 Å². The van der Waals surface area contributed by atoms with Crippen LogP contribution in [0.5, 0.6) is 5.75 Å². The van der Waals surface area contributed by atoms with Crippen molar-refractivity contribution in [2.24, 2.45) is 5.73 Å². The summed E-state index contributed by atoms with van der Waals surface area (Å²) in [5, 5.41) is 0.622. The lowest BCUT2D eigenvalue weighted by Crippen LogP contribution is -2.15. The van der Waals surface area contributed by atoms with Crippen LogP contribution in [-0.2, 0) is 22.4 Å². The summed E-state index contributed by atoms with van der Waals surface area (Å²) in [7, 11) is 0. The number of benzene rings is 2. The van der Waals surface area contributed by atoms with E-state index in [4.69, 9.17) is 33.7 Å². The molecular weight excluding hydrogens is 457 g/mol. The molecule has 31 heavy (non-hydrogen) atoms. The summed E-state index contributed by atoms with van der Waals surface area (Å²) in [6.07, 6.45) is 0.262. The number of fused-ring (bicyclic) bond motifs is 1. The van der Waals surface area contributed by atoms with E-state index < -0.39 is 11.9 Å². The van der Waals surface area contributed by atoms with Crippen LogP contribution < -0.4 is 10.5 Å². The second-order valence-electron chi connectivity index (χ2n) is 7.52. The topological polar surface area (TPSA) is 86.5 Å². The Balaban J connectivity index is 1.94. The molecule has 1 aromatic heterocycles. The van der Waals surface area contributed by atoms with Gasteiger partial charge in [-0.2, -0.15) is 0 Å². The first kappa shape index (κ1) is 23.3. The van der Waals surface area contributed by atoms with Gasteiger partial charge in [-0.3, -0.25) is 14.4 Å². The SMILES string of the molecule is CC(=O)Oc1c(Cl)cc2c(C(N)=O)c(CC(=O)Cc3ccc(C(C)C)cc3)sc2c1Cl. The van der Waals surface area contributed by atoms with Crippen LogP contribution in [0.4, 0.5) is 0 Å². The summed E-state index contributed by atoms with van der Waals surface area (Å²) >= 11 is 13.8. The molecule has 3 rings (SSSR count). The van der Waals surface area contributed by atoms with Crippen LogP contribution in [-0.4, -0.2) is 17.7 Å². The van der Waals surface area contributed by atoms with Crippen molar-refractivity contribution in [1.82, 2.24) is 0 Å². The van der Waals surface area contributed by atoms with Crippen molar-refractivity contribution in [3.63, 3.8) is 0 Å². The lowest BCUT2D eigenvalue weighted by atomic mass is 9.99. The minimum Gasteiger partial charge on any atom is -0.423 e. The average Bonchev–Trinajstić information content (AvgIpc) is 3.03. The molecule has 0 aliphatic carbocycles. The summed E-state index contributed by atoms with van der Waals surface area (Å²) < 4.78 is 5.59. The molecule has 1 amide bonds. The van der Waals surface area contributed by atoms with Gasteiger partial charge in [0.05, 0.1) is 15.3 Å². The molecule has 2 aromatic carbocycles. The van der Waals surface area contributed by atoms with E-state index in [2.05, 4.69) is 13.8 Å². The molecule has 0 aliphatic heterocycles. The Hall–Kier alpha value is -2.41. The van der Waals surface area contributed by atoms with Crippen LogP contribution >= 0.6 is 34.5 Å². The molecule has 162 valence electrons. The van der Waals surface area contributed by atoms with E-state index in [1.807, 2.05) is 24.3 Å². The molecule has 0 unspecified atom stereocenters. The van der Waals surface area contributed by atoms with Crippen molar-refractivity contribution in [2.75, 3.05) is 0 Å². The number of amides is 1. The molecule has 0 bridgehead atoms. The minimum absolute atomic E-state index is 0.0173. The van der Waals surface area contributed by atoms with E-state index in [-0.39, 0.29) is 40.0 Å². The highest BCUT2D eigenvalue weighted by atomic mass is 35.5. The molecule has 5 nitrogen and oxygen atoms in total. The van der Waals surface area contributed by atoms with E-state index in [1.165, 1.54) is 29.9 Å². The highest BCUT2D eigenvalue weighted by Crippen LogP contribution is 2.45. The third-order valence-electron chi connectivity index (χ3n) is 4.80. The number of hydrogen-bond acceptors (Lipinski definition) is 5. The van der Waals surface area contributed by atoms with Gasteiger partial charge in [0.2, 0.25) is 5.91 Å². The fourth-order valence-electron chi connectivity index (χ4n) is 3.32. The Morgan fingerprint density at radius 3 is 2.29 bits per heavy atom. The van der Waals surface area contributed by atoms with E-state index in [1.54, 1.807) is 0 Å². The number of Topliss-reactive ketones (excluding diaryl/α,β-unsaturated/α-hetero) is 1. The molecule has 8 heteroatoms. The maximum atomic E-state index is 12.7. The van der Waals surface area contributed by atoms with E-state index in [9.17, 15) is 14.4 Å². The molecule has 0 saturated heterocycles. The van der Waals surface area contributed by atoms with Crippen LogP contribution in [0.25, 0.3) is 10.1 Å². The first-order valence-electron chi connectivity index (χ1n) is 9.60. The Labute approximate surface area is 194 Å². The molecule has 1 heterocycles. The number of halogens is 2. The number of hydrogen-bond donors (Lipinski definition) is 1. The summed E-state index contributed by atoms with van der Waals surface area (Å²) in [4.78, 5) is 36.8. The van der Waals surface area contributed by atoms with Crippen molar-refractivity contribution in [1.29, 1.82) is 0 Å². The molecule has 0 aliphatic rings. The zero-order valence-corrected chi connectivity index (χ0v) is 19.6.